The summed E-state index contributed by atoms with van der Waals surface area (Å²) in [5.74, 6) is 0.201. The van der Waals surface area contributed by atoms with Gasteiger partial charge >= 0.3 is 0 Å². The molecule has 1 aromatic carbocycles. The van der Waals surface area contributed by atoms with Crippen LogP contribution >= 0.6 is 10.7 Å². The zero-order valence-corrected chi connectivity index (χ0v) is 13.9. The highest BCUT2D eigenvalue weighted by Crippen LogP contribution is 2.18. The zero-order valence-electron chi connectivity index (χ0n) is 11.5. The number of nitrogens with one attached hydrogen (secondary N) is 1. The molecule has 2 unspecified atom stereocenters. The molecule has 0 aliphatic heterocycles. The predicted molar refractivity (Wildman–Crippen MR) is 78.7 cm³/mol. The van der Waals surface area contributed by atoms with E-state index in [1.165, 1.54) is 24.3 Å². The lowest BCUT2D eigenvalue weighted by molar-refractivity contribution is 0.434. The van der Waals surface area contributed by atoms with E-state index in [1.807, 2.05) is 13.8 Å². The van der Waals surface area contributed by atoms with Crippen molar-refractivity contribution in [3.63, 3.8) is 0 Å². The number of halogens is 1. The van der Waals surface area contributed by atoms with E-state index in [-0.39, 0.29) is 21.8 Å². The number of rotatable bonds is 6. The fourth-order valence-electron chi connectivity index (χ4n) is 1.56. The van der Waals surface area contributed by atoms with Crippen LogP contribution in [-0.4, -0.2) is 22.9 Å². The van der Waals surface area contributed by atoms with Gasteiger partial charge in [0.05, 0.1) is 9.79 Å². The highest BCUT2D eigenvalue weighted by atomic mass is 35.7. The topological polar surface area (TPSA) is 80.3 Å². The van der Waals surface area contributed by atoms with Gasteiger partial charge in [-0.15, -0.1) is 0 Å². The molecular weight excluding hydrogens is 322 g/mol. The molecule has 1 N–H and O–H groups in total. The van der Waals surface area contributed by atoms with Crippen LogP contribution in [0.5, 0.6) is 0 Å². The Morgan fingerprint density at radius 3 is 1.90 bits per heavy atom. The standard InChI is InChI=1S/C12H18ClNO4S2/c1-4-9(2)10(3)14-20(17,18)12-7-5-11(6-8-12)19(13,15)16/h5-10,14H,4H2,1-3H3. The number of sulfonamides is 1. The maximum absolute atomic E-state index is 12.1. The zero-order chi connectivity index (χ0) is 15.6. The quantitative estimate of drug-likeness (QED) is 0.806. The lowest BCUT2D eigenvalue weighted by Crippen LogP contribution is -2.36. The molecule has 0 heterocycles. The first kappa shape index (κ1) is 17.4. The molecule has 0 aliphatic rings. The summed E-state index contributed by atoms with van der Waals surface area (Å²) < 4.78 is 49.0. The first-order chi connectivity index (χ1) is 9.08. The normalized spacial score (nSPS) is 15.8. The molecule has 5 nitrogen and oxygen atoms in total. The fraction of sp³-hybridized carbons (Fsp3) is 0.500. The summed E-state index contributed by atoms with van der Waals surface area (Å²) in [4.78, 5) is -0.121. The molecular formula is C12H18ClNO4S2. The van der Waals surface area contributed by atoms with Crippen LogP contribution < -0.4 is 4.72 Å². The van der Waals surface area contributed by atoms with Crippen LogP contribution in [-0.2, 0) is 19.1 Å². The Balaban J connectivity index is 3.00. The largest absolute Gasteiger partial charge is 0.261 e. The molecule has 0 amide bonds. The van der Waals surface area contributed by atoms with Crippen LogP contribution in [0.4, 0.5) is 0 Å². The Labute approximate surface area is 124 Å². The van der Waals surface area contributed by atoms with Gasteiger partial charge in [-0.3, -0.25) is 0 Å². The SMILES string of the molecule is CCC(C)C(C)NS(=O)(=O)c1ccc(S(=O)(=O)Cl)cc1. The molecule has 1 aromatic rings. The molecule has 20 heavy (non-hydrogen) atoms. The first-order valence-corrected chi connectivity index (χ1v) is 9.94. The average Bonchev–Trinajstić information content (AvgIpc) is 2.36. The summed E-state index contributed by atoms with van der Waals surface area (Å²) in [6.45, 7) is 5.73. The lowest BCUT2D eigenvalue weighted by Gasteiger charge is -2.19. The van der Waals surface area contributed by atoms with Gasteiger partial charge in [0.25, 0.3) is 9.05 Å². The molecule has 0 fully saturated rings. The third-order valence-electron chi connectivity index (χ3n) is 3.25. The predicted octanol–water partition coefficient (Wildman–Crippen LogP) is 2.33. The van der Waals surface area contributed by atoms with Crippen LogP contribution in [0.3, 0.4) is 0 Å². The molecule has 0 spiro atoms. The molecule has 0 saturated carbocycles. The Hall–Kier alpha value is -0.630. The van der Waals surface area contributed by atoms with E-state index in [2.05, 4.69) is 4.72 Å². The van der Waals surface area contributed by atoms with Crippen molar-refractivity contribution in [2.45, 2.75) is 43.0 Å². The Morgan fingerprint density at radius 2 is 1.50 bits per heavy atom. The van der Waals surface area contributed by atoms with Gasteiger partial charge in [0.1, 0.15) is 0 Å². The van der Waals surface area contributed by atoms with Gasteiger partial charge in [0.2, 0.25) is 10.0 Å². The van der Waals surface area contributed by atoms with Gasteiger partial charge in [0.15, 0.2) is 0 Å². The molecule has 0 bridgehead atoms. The summed E-state index contributed by atoms with van der Waals surface area (Å²) >= 11 is 0. The van der Waals surface area contributed by atoms with E-state index < -0.39 is 19.1 Å². The summed E-state index contributed by atoms with van der Waals surface area (Å²) in [5.41, 5.74) is 0. The molecule has 0 aromatic heterocycles. The fourth-order valence-corrected chi connectivity index (χ4v) is 3.69. The number of hydrogen-bond acceptors (Lipinski definition) is 4. The van der Waals surface area contributed by atoms with Crippen molar-refractivity contribution in [1.82, 2.24) is 4.72 Å². The minimum absolute atomic E-state index is 0.0109. The average molecular weight is 340 g/mol. The molecule has 1 rings (SSSR count). The molecule has 114 valence electrons. The third-order valence-corrected chi connectivity index (χ3v) is 6.20. The van der Waals surface area contributed by atoms with Crippen LogP contribution in [0.25, 0.3) is 0 Å². The van der Waals surface area contributed by atoms with Crippen LogP contribution in [0.1, 0.15) is 27.2 Å². The lowest BCUT2D eigenvalue weighted by atomic mass is 10.0. The van der Waals surface area contributed by atoms with Crippen LogP contribution in [0.2, 0.25) is 0 Å². The second-order valence-electron chi connectivity index (χ2n) is 4.70. The highest BCUT2D eigenvalue weighted by molar-refractivity contribution is 8.13. The van der Waals surface area contributed by atoms with Crippen molar-refractivity contribution in [1.29, 1.82) is 0 Å². The van der Waals surface area contributed by atoms with E-state index in [1.54, 1.807) is 6.92 Å². The van der Waals surface area contributed by atoms with Gasteiger partial charge in [0, 0.05) is 16.7 Å². The third kappa shape index (κ3) is 4.44. The second kappa shape index (κ2) is 6.43. The second-order valence-corrected chi connectivity index (χ2v) is 8.98. The summed E-state index contributed by atoms with van der Waals surface area (Å²) in [7, 11) is -2.34. The highest BCUT2D eigenvalue weighted by Gasteiger charge is 2.21. The monoisotopic (exact) mass is 339 g/mol. The van der Waals surface area contributed by atoms with Crippen molar-refractivity contribution in [2.75, 3.05) is 0 Å². The van der Waals surface area contributed by atoms with Gasteiger partial charge < -0.3 is 0 Å². The minimum atomic E-state index is -3.85. The van der Waals surface area contributed by atoms with E-state index in [9.17, 15) is 16.8 Å². The van der Waals surface area contributed by atoms with Gasteiger partial charge in [-0.05, 0) is 37.1 Å². The van der Waals surface area contributed by atoms with Crippen LogP contribution in [0.15, 0.2) is 34.1 Å². The van der Waals surface area contributed by atoms with E-state index in [0.29, 0.717) is 0 Å². The smallest absolute Gasteiger partial charge is 0.208 e. The molecule has 0 aliphatic carbocycles. The summed E-state index contributed by atoms with van der Waals surface area (Å²) in [6, 6.07) is 4.58. The summed E-state index contributed by atoms with van der Waals surface area (Å²) in [6.07, 6.45) is 0.854. The number of hydrogen-bond donors (Lipinski definition) is 1. The van der Waals surface area contributed by atoms with Gasteiger partial charge in [-0.1, -0.05) is 20.3 Å². The van der Waals surface area contributed by atoms with Crippen molar-refractivity contribution in [3.05, 3.63) is 24.3 Å². The Bertz CT molecular complexity index is 653. The molecule has 0 radical (unpaired) electrons. The van der Waals surface area contributed by atoms with E-state index in [0.717, 1.165) is 6.42 Å². The minimum Gasteiger partial charge on any atom is -0.208 e. The first-order valence-electron chi connectivity index (χ1n) is 6.15. The molecule has 0 saturated heterocycles. The van der Waals surface area contributed by atoms with Gasteiger partial charge in [-0.25, -0.2) is 21.6 Å². The molecule has 2 atom stereocenters. The maximum Gasteiger partial charge on any atom is 0.261 e. The molecule has 8 heteroatoms. The number of benzene rings is 1. The van der Waals surface area contributed by atoms with Crippen molar-refractivity contribution in [3.8, 4) is 0 Å². The van der Waals surface area contributed by atoms with Crippen LogP contribution in [0, 0.1) is 5.92 Å². The van der Waals surface area contributed by atoms with Gasteiger partial charge in [-0.2, -0.15) is 0 Å². The summed E-state index contributed by atoms with van der Waals surface area (Å²) in [5, 5.41) is 0. The van der Waals surface area contributed by atoms with Crippen molar-refractivity contribution in [2.24, 2.45) is 5.92 Å². The maximum atomic E-state index is 12.1. The van der Waals surface area contributed by atoms with Crippen molar-refractivity contribution < 1.29 is 16.8 Å². The Kier molecular flexibility index (Phi) is 5.60. The van der Waals surface area contributed by atoms with E-state index in [4.69, 9.17) is 10.7 Å². The van der Waals surface area contributed by atoms with Crippen molar-refractivity contribution >= 4 is 29.8 Å². The van der Waals surface area contributed by atoms with E-state index >= 15 is 0 Å². The Morgan fingerprint density at radius 1 is 1.05 bits per heavy atom.